The summed E-state index contributed by atoms with van der Waals surface area (Å²) in [7, 11) is 1.83. The van der Waals surface area contributed by atoms with E-state index in [4.69, 9.17) is 10.00 Å². The van der Waals surface area contributed by atoms with Gasteiger partial charge in [0.25, 0.3) is 0 Å². The van der Waals surface area contributed by atoms with Crippen molar-refractivity contribution < 1.29 is 4.74 Å². The van der Waals surface area contributed by atoms with Gasteiger partial charge in [0.1, 0.15) is 17.5 Å². The van der Waals surface area contributed by atoms with Crippen molar-refractivity contribution in [1.82, 2.24) is 9.78 Å². The van der Waals surface area contributed by atoms with Crippen molar-refractivity contribution in [1.29, 1.82) is 5.26 Å². The third-order valence-electron chi connectivity index (χ3n) is 2.71. The Kier molecular flexibility index (Phi) is 5.66. The van der Waals surface area contributed by atoms with Crippen LogP contribution in [-0.2, 0) is 11.8 Å². The maximum absolute atomic E-state index is 9.04. The first-order valence-corrected chi connectivity index (χ1v) is 6.31. The van der Waals surface area contributed by atoms with Gasteiger partial charge in [0, 0.05) is 20.2 Å². The highest BCUT2D eigenvalue weighted by molar-refractivity contribution is 5.54. The molecule has 0 fully saturated rings. The largest absolute Gasteiger partial charge is 0.380 e. The minimum atomic E-state index is 0.611. The van der Waals surface area contributed by atoms with E-state index in [9.17, 15) is 0 Å². The predicted molar refractivity (Wildman–Crippen MR) is 71.4 cm³/mol. The molecular weight excluding hydrogens is 228 g/mol. The number of nitriles is 1. The van der Waals surface area contributed by atoms with E-state index in [-0.39, 0.29) is 0 Å². The van der Waals surface area contributed by atoms with Crippen LogP contribution in [0, 0.1) is 24.2 Å². The van der Waals surface area contributed by atoms with Gasteiger partial charge in [-0.25, -0.2) is 0 Å². The van der Waals surface area contributed by atoms with Gasteiger partial charge in [0.05, 0.1) is 12.3 Å². The summed E-state index contributed by atoms with van der Waals surface area (Å²) in [5.41, 5.74) is 1.36. The summed E-state index contributed by atoms with van der Waals surface area (Å²) in [6, 6.07) is 2.17. The second-order valence-electron chi connectivity index (χ2n) is 4.77. The molecule has 1 heterocycles. The lowest BCUT2D eigenvalue weighted by atomic mass is 10.1. The van der Waals surface area contributed by atoms with E-state index < -0.39 is 0 Å². The van der Waals surface area contributed by atoms with Crippen molar-refractivity contribution in [2.24, 2.45) is 13.0 Å². The number of anilines is 1. The standard InChI is InChI=1S/C13H22N4O/c1-10(2)5-7-18-8-6-15-13-12(9-14)11(3)16-17(13)4/h10,15H,5-8H2,1-4H3. The smallest absolute Gasteiger partial charge is 0.142 e. The number of hydrogen-bond acceptors (Lipinski definition) is 4. The number of aromatic nitrogens is 2. The average molecular weight is 250 g/mol. The molecule has 0 aliphatic rings. The zero-order chi connectivity index (χ0) is 13.5. The molecule has 0 aliphatic heterocycles. The van der Waals surface area contributed by atoms with Gasteiger partial charge in [-0.05, 0) is 19.3 Å². The van der Waals surface area contributed by atoms with Crippen LogP contribution in [0.2, 0.25) is 0 Å². The monoisotopic (exact) mass is 250 g/mol. The number of ether oxygens (including phenoxy) is 1. The maximum atomic E-state index is 9.04. The first-order valence-electron chi connectivity index (χ1n) is 6.31. The molecule has 5 heteroatoms. The fraction of sp³-hybridized carbons (Fsp3) is 0.692. The summed E-state index contributed by atoms with van der Waals surface area (Å²) < 4.78 is 7.21. The van der Waals surface area contributed by atoms with Crippen LogP contribution in [0.4, 0.5) is 5.82 Å². The Morgan fingerprint density at radius 2 is 2.17 bits per heavy atom. The molecule has 1 N–H and O–H groups in total. The van der Waals surface area contributed by atoms with Crippen molar-refractivity contribution in [2.75, 3.05) is 25.1 Å². The lowest BCUT2D eigenvalue weighted by Gasteiger charge is -2.09. The lowest BCUT2D eigenvalue weighted by molar-refractivity contribution is 0.132. The fourth-order valence-electron chi connectivity index (χ4n) is 1.66. The summed E-state index contributed by atoms with van der Waals surface area (Å²) >= 11 is 0. The molecule has 0 saturated heterocycles. The van der Waals surface area contributed by atoms with Gasteiger partial charge in [-0.1, -0.05) is 13.8 Å². The first-order chi connectivity index (χ1) is 8.56. The molecule has 0 atom stereocenters. The summed E-state index contributed by atoms with van der Waals surface area (Å²) in [6.45, 7) is 8.31. The second-order valence-corrected chi connectivity index (χ2v) is 4.77. The quantitative estimate of drug-likeness (QED) is 0.752. The molecule has 1 aromatic rings. The minimum absolute atomic E-state index is 0.611. The molecule has 0 radical (unpaired) electrons. The first kappa shape index (κ1) is 14.5. The highest BCUT2D eigenvalue weighted by atomic mass is 16.5. The van der Waals surface area contributed by atoms with E-state index in [1.807, 2.05) is 14.0 Å². The van der Waals surface area contributed by atoms with Crippen molar-refractivity contribution >= 4 is 5.82 Å². The van der Waals surface area contributed by atoms with Crippen molar-refractivity contribution in [3.63, 3.8) is 0 Å². The number of nitrogens with one attached hydrogen (secondary N) is 1. The Bertz CT molecular complexity index is 417. The van der Waals surface area contributed by atoms with Crippen molar-refractivity contribution in [2.45, 2.75) is 27.2 Å². The number of nitrogens with zero attached hydrogens (tertiary/aromatic N) is 3. The van der Waals surface area contributed by atoms with Crippen LogP contribution < -0.4 is 5.32 Å². The van der Waals surface area contributed by atoms with E-state index in [1.54, 1.807) is 4.68 Å². The highest BCUT2D eigenvalue weighted by Crippen LogP contribution is 2.16. The maximum Gasteiger partial charge on any atom is 0.142 e. The van der Waals surface area contributed by atoms with Gasteiger partial charge in [-0.3, -0.25) is 4.68 Å². The molecule has 0 bridgehead atoms. The average Bonchev–Trinajstić information content (AvgIpc) is 2.57. The zero-order valence-corrected chi connectivity index (χ0v) is 11.7. The van der Waals surface area contributed by atoms with Gasteiger partial charge in [0.2, 0.25) is 0 Å². The third kappa shape index (κ3) is 4.04. The third-order valence-corrected chi connectivity index (χ3v) is 2.71. The zero-order valence-electron chi connectivity index (χ0n) is 11.7. The second kappa shape index (κ2) is 7.02. The highest BCUT2D eigenvalue weighted by Gasteiger charge is 2.11. The molecule has 1 aromatic heterocycles. The van der Waals surface area contributed by atoms with Gasteiger partial charge < -0.3 is 10.1 Å². The minimum Gasteiger partial charge on any atom is -0.380 e. The normalized spacial score (nSPS) is 10.7. The van der Waals surface area contributed by atoms with Crippen LogP contribution in [-0.4, -0.2) is 29.5 Å². The summed E-state index contributed by atoms with van der Waals surface area (Å²) in [5.74, 6) is 1.44. The Morgan fingerprint density at radius 1 is 1.44 bits per heavy atom. The van der Waals surface area contributed by atoms with Gasteiger partial charge in [-0.2, -0.15) is 10.4 Å². The topological polar surface area (TPSA) is 62.9 Å². The molecule has 0 saturated carbocycles. The predicted octanol–water partition coefficient (Wildman–Crippen LogP) is 2.07. The Balaban J connectivity index is 2.34. The molecule has 0 aromatic carbocycles. The molecule has 0 unspecified atom stereocenters. The molecule has 5 nitrogen and oxygen atoms in total. The van der Waals surface area contributed by atoms with E-state index in [2.05, 4.69) is 30.3 Å². The van der Waals surface area contributed by atoms with Crippen molar-refractivity contribution in [3.8, 4) is 6.07 Å². The van der Waals surface area contributed by atoms with Gasteiger partial charge in [-0.15, -0.1) is 0 Å². The molecular formula is C13H22N4O. The van der Waals surface area contributed by atoms with Crippen LogP contribution in [0.5, 0.6) is 0 Å². The molecule has 0 amide bonds. The Labute approximate surface area is 109 Å². The number of rotatable bonds is 7. The summed E-state index contributed by atoms with van der Waals surface area (Å²) in [4.78, 5) is 0. The summed E-state index contributed by atoms with van der Waals surface area (Å²) in [6.07, 6.45) is 1.08. The van der Waals surface area contributed by atoms with E-state index >= 15 is 0 Å². The van der Waals surface area contributed by atoms with Crippen LogP contribution in [0.3, 0.4) is 0 Å². The Hall–Kier alpha value is -1.54. The Morgan fingerprint density at radius 3 is 2.78 bits per heavy atom. The van der Waals surface area contributed by atoms with Crippen LogP contribution in [0.15, 0.2) is 0 Å². The van der Waals surface area contributed by atoms with E-state index in [0.717, 1.165) is 24.5 Å². The number of hydrogen-bond donors (Lipinski definition) is 1. The molecule has 0 spiro atoms. The fourth-order valence-corrected chi connectivity index (χ4v) is 1.66. The molecule has 18 heavy (non-hydrogen) atoms. The van der Waals surface area contributed by atoms with Crippen LogP contribution >= 0.6 is 0 Å². The molecule has 1 rings (SSSR count). The van der Waals surface area contributed by atoms with Crippen LogP contribution in [0.25, 0.3) is 0 Å². The van der Waals surface area contributed by atoms with E-state index in [1.165, 1.54) is 0 Å². The molecule has 0 aliphatic carbocycles. The van der Waals surface area contributed by atoms with Gasteiger partial charge in [0.15, 0.2) is 0 Å². The summed E-state index contributed by atoms with van der Waals surface area (Å²) in [5, 5.41) is 16.4. The van der Waals surface area contributed by atoms with Crippen LogP contribution in [0.1, 0.15) is 31.5 Å². The van der Waals surface area contributed by atoms with Crippen molar-refractivity contribution in [3.05, 3.63) is 11.3 Å². The molecule has 100 valence electrons. The SMILES string of the molecule is Cc1nn(C)c(NCCOCCC(C)C)c1C#N. The van der Waals surface area contributed by atoms with E-state index in [0.29, 0.717) is 24.6 Å². The number of aryl methyl sites for hydroxylation is 2. The lowest BCUT2D eigenvalue weighted by Crippen LogP contribution is -2.13. The van der Waals surface area contributed by atoms with Gasteiger partial charge >= 0.3 is 0 Å².